The zero-order chi connectivity index (χ0) is 25.4. The van der Waals surface area contributed by atoms with Gasteiger partial charge in [0.25, 0.3) is 0 Å². The van der Waals surface area contributed by atoms with Gasteiger partial charge in [0.2, 0.25) is 0 Å². The average molecular weight is 492 g/mol. The van der Waals surface area contributed by atoms with E-state index in [0.717, 1.165) is 59.5 Å². The van der Waals surface area contributed by atoms with Gasteiger partial charge in [-0.1, -0.05) is 18.2 Å². The van der Waals surface area contributed by atoms with E-state index in [0.29, 0.717) is 12.8 Å². The number of carbonyl (C=O) groups is 2. The summed E-state index contributed by atoms with van der Waals surface area (Å²) in [5.41, 5.74) is 3.77. The zero-order valence-electron chi connectivity index (χ0n) is 21.0. The summed E-state index contributed by atoms with van der Waals surface area (Å²) in [6, 6.07) is 13.9. The van der Waals surface area contributed by atoms with Gasteiger partial charge >= 0.3 is 12.1 Å². The molecule has 2 aromatic carbocycles. The number of nitrogens with zero attached hydrogens (tertiary/aromatic N) is 3. The molecule has 2 aliphatic rings. The molecule has 0 bridgehead atoms. The first kappa shape index (κ1) is 24.2. The number of carboxylic acids is 1. The van der Waals surface area contributed by atoms with E-state index in [2.05, 4.69) is 4.57 Å². The van der Waals surface area contributed by atoms with Crippen molar-refractivity contribution in [3.8, 4) is 5.75 Å². The van der Waals surface area contributed by atoms with Crippen molar-refractivity contribution in [1.82, 2.24) is 9.55 Å². The molecule has 190 valence electrons. The minimum absolute atomic E-state index is 0.0376. The highest BCUT2D eigenvalue weighted by Gasteiger charge is 2.34. The highest BCUT2D eigenvalue weighted by Crippen LogP contribution is 2.41. The lowest BCUT2D eigenvalue weighted by Crippen LogP contribution is -2.42. The quantitative estimate of drug-likeness (QED) is 0.478. The number of fused-ring (bicyclic) bond motifs is 3. The second-order valence-corrected chi connectivity index (χ2v) is 9.92. The summed E-state index contributed by atoms with van der Waals surface area (Å²) < 4.78 is 13.6. The second kappa shape index (κ2) is 9.84. The number of carboxylic acid groups (broad SMARTS) is 1. The molecule has 5 rings (SSSR count). The number of hydrogen-bond acceptors (Lipinski definition) is 5. The van der Waals surface area contributed by atoms with Gasteiger partial charge in [0.1, 0.15) is 5.75 Å². The van der Waals surface area contributed by atoms with Gasteiger partial charge in [-0.15, -0.1) is 0 Å². The molecule has 0 radical (unpaired) electrons. The predicted octanol–water partition coefficient (Wildman–Crippen LogP) is 5.90. The van der Waals surface area contributed by atoms with Gasteiger partial charge in [0.15, 0.2) is 11.9 Å². The zero-order valence-corrected chi connectivity index (χ0v) is 21.0. The van der Waals surface area contributed by atoms with Crippen molar-refractivity contribution in [3.63, 3.8) is 0 Å². The number of anilines is 1. The van der Waals surface area contributed by atoms with Gasteiger partial charge in [-0.3, -0.25) is 9.69 Å². The summed E-state index contributed by atoms with van der Waals surface area (Å²) in [7, 11) is 1.41. The highest BCUT2D eigenvalue weighted by atomic mass is 16.5. The summed E-state index contributed by atoms with van der Waals surface area (Å²) in [5.74, 6) is 0.589. The van der Waals surface area contributed by atoms with E-state index < -0.39 is 5.97 Å². The Balaban J connectivity index is 1.60. The van der Waals surface area contributed by atoms with Crippen molar-refractivity contribution in [2.45, 2.75) is 70.6 Å². The number of rotatable bonds is 5. The van der Waals surface area contributed by atoms with Crippen LogP contribution in [0.5, 0.6) is 5.75 Å². The molecule has 2 atom stereocenters. The van der Waals surface area contributed by atoms with Gasteiger partial charge in [0, 0.05) is 17.6 Å². The number of aliphatic carboxylic acids is 1. The van der Waals surface area contributed by atoms with Gasteiger partial charge in [0.05, 0.1) is 29.7 Å². The number of aryl methyl sites for hydroxylation is 1. The minimum Gasteiger partial charge on any atom is -0.483 e. The lowest BCUT2D eigenvalue weighted by molar-refractivity contribution is -0.143. The SMILES string of the molecule is COC(=O)N1c2ccc3c(nc([C@H](C)Oc4ccccc4)n3C3CCC(C(=O)O)CC3)c2CCC1C. The smallest absolute Gasteiger partial charge is 0.414 e. The molecule has 8 heteroatoms. The molecule has 1 amide bonds. The predicted molar refractivity (Wildman–Crippen MR) is 137 cm³/mol. The molecule has 1 fully saturated rings. The van der Waals surface area contributed by atoms with Crippen molar-refractivity contribution in [2.75, 3.05) is 12.0 Å². The van der Waals surface area contributed by atoms with E-state index in [1.165, 1.54) is 7.11 Å². The largest absolute Gasteiger partial charge is 0.483 e. The fourth-order valence-corrected chi connectivity index (χ4v) is 5.80. The van der Waals surface area contributed by atoms with E-state index in [4.69, 9.17) is 14.5 Å². The topological polar surface area (TPSA) is 93.9 Å². The Hall–Kier alpha value is -3.55. The second-order valence-electron chi connectivity index (χ2n) is 9.92. The molecule has 1 saturated carbocycles. The number of aromatic nitrogens is 2. The number of amides is 1. The molecule has 0 saturated heterocycles. The Morgan fingerprint density at radius 3 is 2.44 bits per heavy atom. The van der Waals surface area contributed by atoms with Crippen molar-refractivity contribution >= 4 is 28.8 Å². The van der Waals surface area contributed by atoms with Gasteiger partial charge in [-0.05, 0) is 76.6 Å². The third-order valence-electron chi connectivity index (χ3n) is 7.68. The standard InChI is InChI=1S/C28H33N3O5/c1-17-9-14-22-23(30(17)28(34)35-3)15-16-24-25(22)29-26(18(2)36-21-7-5-4-6-8-21)31(24)20-12-10-19(11-13-20)27(32)33/h4-8,15-20H,9-14H2,1-3H3,(H,32,33)/t17?,18-,19?,20?/m0/s1. The number of benzene rings is 2. The summed E-state index contributed by atoms with van der Waals surface area (Å²) in [5, 5.41) is 9.50. The Labute approximate surface area is 210 Å². The molecule has 8 nitrogen and oxygen atoms in total. The summed E-state index contributed by atoms with van der Waals surface area (Å²) in [6.07, 6.45) is 3.80. The molecule has 1 aliphatic heterocycles. The molecule has 36 heavy (non-hydrogen) atoms. The summed E-state index contributed by atoms with van der Waals surface area (Å²) in [6.45, 7) is 4.04. The molecule has 1 aliphatic carbocycles. The van der Waals surface area contributed by atoms with Crippen LogP contribution in [-0.4, -0.2) is 39.9 Å². The van der Waals surface area contributed by atoms with Crippen molar-refractivity contribution < 1.29 is 24.2 Å². The normalized spacial score (nSPS) is 22.6. The fourth-order valence-electron chi connectivity index (χ4n) is 5.80. The average Bonchev–Trinajstić information content (AvgIpc) is 3.29. The molecule has 0 spiro atoms. The number of hydrogen-bond donors (Lipinski definition) is 1. The van der Waals surface area contributed by atoms with Crippen LogP contribution in [-0.2, 0) is 16.0 Å². The van der Waals surface area contributed by atoms with Crippen LogP contribution in [0.3, 0.4) is 0 Å². The monoisotopic (exact) mass is 491 g/mol. The van der Waals surface area contributed by atoms with E-state index in [9.17, 15) is 14.7 Å². The van der Waals surface area contributed by atoms with E-state index >= 15 is 0 Å². The van der Waals surface area contributed by atoms with E-state index in [1.54, 1.807) is 4.90 Å². The number of imidazole rings is 1. The van der Waals surface area contributed by atoms with Crippen LogP contribution >= 0.6 is 0 Å². The first-order valence-corrected chi connectivity index (χ1v) is 12.7. The molecular formula is C28H33N3O5. The first-order chi connectivity index (χ1) is 17.4. The lowest BCUT2D eigenvalue weighted by Gasteiger charge is -2.34. The summed E-state index contributed by atoms with van der Waals surface area (Å²) >= 11 is 0. The molecule has 3 aromatic rings. The van der Waals surface area contributed by atoms with Crippen LogP contribution in [0, 0.1) is 5.92 Å². The molecule has 1 unspecified atom stereocenters. The van der Waals surface area contributed by atoms with Crippen LogP contribution in [0.4, 0.5) is 10.5 Å². The Morgan fingerprint density at radius 1 is 1.06 bits per heavy atom. The van der Waals surface area contributed by atoms with Crippen LogP contribution in [0.25, 0.3) is 11.0 Å². The number of ether oxygens (including phenoxy) is 2. The number of methoxy groups -OCH3 is 1. The van der Waals surface area contributed by atoms with Crippen LogP contribution in [0.2, 0.25) is 0 Å². The molecule has 1 N–H and O–H groups in total. The maximum absolute atomic E-state index is 12.6. The fraction of sp³-hybridized carbons (Fsp3) is 0.464. The third-order valence-corrected chi connectivity index (χ3v) is 7.68. The Bertz CT molecular complexity index is 1260. The van der Waals surface area contributed by atoms with Crippen molar-refractivity contribution in [1.29, 1.82) is 0 Å². The van der Waals surface area contributed by atoms with Gasteiger partial charge < -0.3 is 19.1 Å². The number of carbonyl (C=O) groups excluding carboxylic acids is 1. The number of para-hydroxylation sites is 1. The van der Waals surface area contributed by atoms with Gasteiger partial charge in [-0.2, -0.15) is 0 Å². The van der Waals surface area contributed by atoms with Gasteiger partial charge in [-0.25, -0.2) is 9.78 Å². The third kappa shape index (κ3) is 4.29. The lowest BCUT2D eigenvalue weighted by atomic mass is 9.85. The molecular weight excluding hydrogens is 458 g/mol. The summed E-state index contributed by atoms with van der Waals surface area (Å²) in [4.78, 5) is 31.0. The Kier molecular flexibility index (Phi) is 6.60. The first-order valence-electron chi connectivity index (χ1n) is 12.7. The van der Waals surface area contributed by atoms with E-state index in [-0.39, 0.29) is 30.2 Å². The van der Waals surface area contributed by atoms with Crippen LogP contribution in [0.15, 0.2) is 42.5 Å². The minimum atomic E-state index is -0.712. The van der Waals surface area contributed by atoms with Crippen molar-refractivity contribution in [3.05, 3.63) is 53.9 Å². The maximum Gasteiger partial charge on any atom is 0.414 e. The molecule has 2 heterocycles. The van der Waals surface area contributed by atoms with Crippen LogP contribution in [0.1, 0.15) is 69.5 Å². The Morgan fingerprint density at radius 2 is 1.78 bits per heavy atom. The van der Waals surface area contributed by atoms with Crippen LogP contribution < -0.4 is 9.64 Å². The molecule has 1 aromatic heterocycles. The highest BCUT2D eigenvalue weighted by molar-refractivity contribution is 5.95. The van der Waals surface area contributed by atoms with Crippen molar-refractivity contribution in [2.24, 2.45) is 5.92 Å². The maximum atomic E-state index is 12.6. The van der Waals surface area contributed by atoms with E-state index in [1.807, 2.05) is 56.3 Å².